The monoisotopic (exact) mass is 578 g/mol. The van der Waals surface area contributed by atoms with Gasteiger partial charge in [-0.3, -0.25) is 4.79 Å². The Bertz CT molecular complexity index is 928. The summed E-state index contributed by atoms with van der Waals surface area (Å²) >= 11 is 0. The third kappa shape index (κ3) is 14.3. The average molecular weight is 579 g/mol. The van der Waals surface area contributed by atoms with Gasteiger partial charge < -0.3 is 29.8 Å². The van der Waals surface area contributed by atoms with Crippen molar-refractivity contribution in [3.05, 3.63) is 58.2 Å². The number of hydrogen-bond acceptors (Lipinski definition) is 9. The molecule has 0 aliphatic heterocycles. The number of allylic oxidation sites excluding steroid dienone is 2. The Morgan fingerprint density at radius 1 is 1.07 bits per heavy atom. The van der Waals surface area contributed by atoms with Gasteiger partial charge in [0.2, 0.25) is 5.91 Å². The van der Waals surface area contributed by atoms with E-state index in [1.54, 1.807) is 0 Å². The Labute approximate surface area is 242 Å². The van der Waals surface area contributed by atoms with Crippen molar-refractivity contribution in [1.29, 1.82) is 0 Å². The molecule has 5 atom stereocenters. The van der Waals surface area contributed by atoms with Crippen LogP contribution in [-0.2, 0) is 25.5 Å². The minimum Gasteiger partial charge on any atom is -0.434 e. The highest BCUT2D eigenvalue weighted by molar-refractivity contribution is 5.75. The van der Waals surface area contributed by atoms with Gasteiger partial charge in [-0.15, -0.1) is 10.1 Å². The van der Waals surface area contributed by atoms with Crippen molar-refractivity contribution in [2.24, 2.45) is 11.8 Å². The maximum absolute atomic E-state index is 12.4. The number of rotatable bonds is 20. The Kier molecular flexibility index (Phi) is 16.4. The normalized spacial score (nSPS) is 21.0. The fourth-order valence-electron chi connectivity index (χ4n) is 5.22. The molecule has 0 aromatic heterocycles. The molecule has 230 valence electrons. The van der Waals surface area contributed by atoms with Gasteiger partial charge in [-0.25, -0.2) is 4.79 Å². The summed E-state index contributed by atoms with van der Waals surface area (Å²) < 4.78 is 10.8. The van der Waals surface area contributed by atoms with Crippen molar-refractivity contribution in [1.82, 2.24) is 5.32 Å². The van der Waals surface area contributed by atoms with Crippen LogP contribution in [0.25, 0.3) is 0 Å². The van der Waals surface area contributed by atoms with Crippen LogP contribution in [0, 0.1) is 22.0 Å². The number of ether oxygens (including phenoxy) is 2. The van der Waals surface area contributed by atoms with Crippen molar-refractivity contribution in [3.63, 3.8) is 0 Å². The lowest BCUT2D eigenvalue weighted by Gasteiger charge is -2.25. The SMILES string of the molecule is CCNC(=O)CCC/C=C\C[C@@H]1[C@@H](CC[C@H](CCc2ccccc2)OC(=O)OCCCCO[N+](=O)[O-])[C@H](O)C[C@@H]1O. The number of benzene rings is 1. The zero-order valence-corrected chi connectivity index (χ0v) is 24.0. The van der Waals surface area contributed by atoms with Crippen LogP contribution in [0.5, 0.6) is 0 Å². The van der Waals surface area contributed by atoms with E-state index in [2.05, 4.69) is 10.2 Å². The molecule has 2 rings (SSSR count). The van der Waals surface area contributed by atoms with Gasteiger partial charge in [-0.1, -0.05) is 42.5 Å². The third-order valence-corrected chi connectivity index (χ3v) is 7.38. The van der Waals surface area contributed by atoms with E-state index in [-0.39, 0.29) is 31.0 Å². The van der Waals surface area contributed by atoms with Crippen LogP contribution in [0.1, 0.15) is 76.7 Å². The van der Waals surface area contributed by atoms with Crippen molar-refractivity contribution < 1.29 is 39.2 Å². The smallest absolute Gasteiger partial charge is 0.434 e. The predicted octanol–water partition coefficient (Wildman–Crippen LogP) is 4.52. The topological polar surface area (TPSA) is 157 Å². The average Bonchev–Trinajstić information content (AvgIpc) is 3.21. The number of aliphatic hydroxyl groups is 2. The molecule has 11 nitrogen and oxygen atoms in total. The number of nitrogens with zero attached hydrogens (tertiary/aromatic N) is 1. The first kappa shape index (κ1) is 34.0. The second-order valence-electron chi connectivity index (χ2n) is 10.5. The van der Waals surface area contributed by atoms with E-state index >= 15 is 0 Å². The predicted molar refractivity (Wildman–Crippen MR) is 152 cm³/mol. The summed E-state index contributed by atoms with van der Waals surface area (Å²) in [6, 6.07) is 9.87. The molecule has 1 aromatic carbocycles. The van der Waals surface area contributed by atoms with Gasteiger partial charge in [0.15, 0.2) is 0 Å². The lowest BCUT2D eigenvalue weighted by molar-refractivity contribution is -0.757. The Balaban J connectivity index is 1.87. The lowest BCUT2D eigenvalue weighted by atomic mass is 9.85. The maximum Gasteiger partial charge on any atom is 0.508 e. The summed E-state index contributed by atoms with van der Waals surface area (Å²) in [7, 11) is 0. The maximum atomic E-state index is 12.4. The van der Waals surface area contributed by atoms with Crippen LogP contribution >= 0.6 is 0 Å². The lowest BCUT2D eigenvalue weighted by Crippen LogP contribution is -2.26. The first-order chi connectivity index (χ1) is 19.8. The molecule has 3 N–H and O–H groups in total. The minimum absolute atomic E-state index is 0.0468. The fourth-order valence-corrected chi connectivity index (χ4v) is 5.22. The summed E-state index contributed by atoms with van der Waals surface area (Å²) in [5.41, 5.74) is 1.12. The van der Waals surface area contributed by atoms with Gasteiger partial charge >= 0.3 is 6.16 Å². The van der Waals surface area contributed by atoms with E-state index in [0.29, 0.717) is 64.3 Å². The van der Waals surface area contributed by atoms with Gasteiger partial charge in [-0.2, -0.15) is 0 Å². The molecule has 1 fully saturated rings. The molecule has 1 saturated carbocycles. The molecule has 0 bridgehead atoms. The van der Waals surface area contributed by atoms with E-state index in [4.69, 9.17) is 9.47 Å². The van der Waals surface area contributed by atoms with Crippen LogP contribution in [0.15, 0.2) is 42.5 Å². The van der Waals surface area contributed by atoms with Gasteiger partial charge in [0.25, 0.3) is 5.09 Å². The van der Waals surface area contributed by atoms with Gasteiger partial charge in [-0.05, 0) is 88.5 Å². The van der Waals surface area contributed by atoms with Crippen molar-refractivity contribution in [3.8, 4) is 0 Å². The van der Waals surface area contributed by atoms with Gasteiger partial charge in [0, 0.05) is 13.0 Å². The van der Waals surface area contributed by atoms with Crippen molar-refractivity contribution in [2.75, 3.05) is 19.8 Å². The van der Waals surface area contributed by atoms with E-state index in [0.717, 1.165) is 18.4 Å². The molecule has 1 aliphatic rings. The summed E-state index contributed by atoms with van der Waals surface area (Å²) in [6.07, 6.45) is 7.69. The first-order valence-corrected chi connectivity index (χ1v) is 14.7. The summed E-state index contributed by atoms with van der Waals surface area (Å²) in [5.74, 6) is -0.191. The molecular weight excluding hydrogens is 532 g/mol. The molecule has 1 aliphatic carbocycles. The van der Waals surface area contributed by atoms with Gasteiger partial charge in [0.1, 0.15) is 6.10 Å². The summed E-state index contributed by atoms with van der Waals surface area (Å²) in [6.45, 7) is 2.52. The van der Waals surface area contributed by atoms with E-state index < -0.39 is 29.6 Å². The molecule has 0 saturated heterocycles. The Morgan fingerprint density at radius 2 is 1.80 bits per heavy atom. The largest absolute Gasteiger partial charge is 0.508 e. The molecular formula is C30H46N2O9. The van der Waals surface area contributed by atoms with Crippen molar-refractivity contribution >= 4 is 12.1 Å². The summed E-state index contributed by atoms with van der Waals surface area (Å²) in [4.78, 5) is 38.4. The number of amides is 1. The second kappa shape index (κ2) is 19.8. The Hall–Kier alpha value is -3.18. The quantitative estimate of drug-likeness (QED) is 0.0665. The van der Waals surface area contributed by atoms with Crippen molar-refractivity contribution in [2.45, 2.75) is 95.9 Å². The number of carbonyl (C=O) groups is 2. The van der Waals surface area contributed by atoms with E-state index in [9.17, 15) is 29.9 Å². The highest BCUT2D eigenvalue weighted by Crippen LogP contribution is 2.38. The highest BCUT2D eigenvalue weighted by atomic mass is 16.9. The first-order valence-electron chi connectivity index (χ1n) is 14.7. The van der Waals surface area contributed by atoms with E-state index in [1.807, 2.05) is 49.4 Å². The second-order valence-corrected chi connectivity index (χ2v) is 10.5. The fraction of sp³-hybridized carbons (Fsp3) is 0.667. The standard InChI is InChI=1S/C30H46N2O9/c1-2-31-29(35)15-9-4-3-8-14-25-26(28(34)22-27(25)33)19-18-24(17-16-23-12-6-5-7-13-23)41-30(36)39-20-10-11-21-40-32(37)38/h3,5-8,12-13,24-28,33-34H,2,4,9-11,14-22H2,1H3,(H,31,35)/b8-3-/t24-,25+,26+,27-,28+/m0/s1. The Morgan fingerprint density at radius 3 is 2.54 bits per heavy atom. The van der Waals surface area contributed by atoms with Crippen LogP contribution < -0.4 is 5.32 Å². The minimum atomic E-state index is -0.857. The van der Waals surface area contributed by atoms with Crippen LogP contribution in [0.2, 0.25) is 0 Å². The molecule has 1 aromatic rings. The molecule has 11 heteroatoms. The van der Waals surface area contributed by atoms with Gasteiger partial charge in [0.05, 0.1) is 25.4 Å². The number of nitrogens with one attached hydrogen (secondary N) is 1. The molecule has 0 unspecified atom stereocenters. The third-order valence-electron chi connectivity index (χ3n) is 7.38. The molecule has 1 amide bonds. The summed E-state index contributed by atoms with van der Waals surface area (Å²) in [5, 5.41) is 33.4. The molecule has 0 spiro atoms. The molecule has 0 radical (unpaired) electrons. The van der Waals surface area contributed by atoms with Crippen LogP contribution in [-0.4, -0.2) is 65.4 Å². The number of aryl methyl sites for hydroxylation is 1. The molecule has 41 heavy (non-hydrogen) atoms. The number of unbranched alkanes of at least 4 members (excludes halogenated alkanes) is 2. The highest BCUT2D eigenvalue weighted by Gasteiger charge is 2.40. The van der Waals surface area contributed by atoms with Crippen LogP contribution in [0.4, 0.5) is 4.79 Å². The number of aliphatic hydroxyl groups excluding tert-OH is 2. The van der Waals surface area contributed by atoms with E-state index in [1.165, 1.54) is 0 Å². The zero-order chi connectivity index (χ0) is 29.9. The number of carbonyl (C=O) groups excluding carboxylic acids is 2. The number of hydrogen-bond donors (Lipinski definition) is 3. The molecule has 0 heterocycles. The van der Waals surface area contributed by atoms with Crippen LogP contribution in [0.3, 0.4) is 0 Å². The zero-order valence-electron chi connectivity index (χ0n) is 24.0.